The fourth-order valence-corrected chi connectivity index (χ4v) is 3.47. The number of hydrogen-bond acceptors (Lipinski definition) is 5. The van der Waals surface area contributed by atoms with Crippen LogP contribution in [0, 0.1) is 0 Å². The molecule has 0 spiro atoms. The van der Waals surface area contributed by atoms with E-state index in [1.807, 2.05) is 18.6 Å². The van der Waals surface area contributed by atoms with Crippen molar-refractivity contribution in [1.82, 2.24) is 19.8 Å². The van der Waals surface area contributed by atoms with Crippen molar-refractivity contribution in [3.05, 3.63) is 18.0 Å². The van der Waals surface area contributed by atoms with Crippen LogP contribution in [0.3, 0.4) is 0 Å². The maximum absolute atomic E-state index is 4.36. The van der Waals surface area contributed by atoms with Gasteiger partial charge >= 0.3 is 0 Å². The Hall–Kier alpha value is -0.650. The number of rotatable bonds is 3. The van der Waals surface area contributed by atoms with Gasteiger partial charge < -0.3 is 0 Å². The third-order valence-corrected chi connectivity index (χ3v) is 4.77. The molecule has 0 bridgehead atoms. The molecule has 0 aromatic carbocycles. The Morgan fingerprint density at radius 1 is 1.21 bits per heavy atom. The zero-order chi connectivity index (χ0) is 13.1. The summed E-state index contributed by atoms with van der Waals surface area (Å²) in [5.74, 6) is 0. The van der Waals surface area contributed by atoms with Crippen molar-refractivity contribution in [3.63, 3.8) is 0 Å². The first-order valence-electron chi connectivity index (χ1n) is 7.16. The van der Waals surface area contributed by atoms with Gasteiger partial charge in [-0.3, -0.25) is 9.80 Å². The van der Waals surface area contributed by atoms with E-state index >= 15 is 0 Å². The van der Waals surface area contributed by atoms with Crippen molar-refractivity contribution >= 4 is 11.8 Å². The third-order valence-electron chi connectivity index (χ3n) is 4.19. The van der Waals surface area contributed by atoms with Gasteiger partial charge in [-0.1, -0.05) is 18.2 Å². The summed E-state index contributed by atoms with van der Waals surface area (Å²) < 4.78 is 0. The summed E-state index contributed by atoms with van der Waals surface area (Å²) in [5.41, 5.74) is 1.24. The summed E-state index contributed by atoms with van der Waals surface area (Å²) in [5, 5.41) is 0.862. The molecule has 5 heteroatoms. The van der Waals surface area contributed by atoms with E-state index in [4.69, 9.17) is 0 Å². The topological polar surface area (TPSA) is 32.3 Å². The van der Waals surface area contributed by atoms with Crippen LogP contribution in [0.15, 0.2) is 17.6 Å². The van der Waals surface area contributed by atoms with Gasteiger partial charge in [-0.25, -0.2) is 9.97 Å². The molecule has 2 aliphatic heterocycles. The second-order valence-electron chi connectivity index (χ2n) is 5.50. The van der Waals surface area contributed by atoms with Gasteiger partial charge in [-0.2, -0.15) is 0 Å². The molecule has 2 aliphatic rings. The van der Waals surface area contributed by atoms with Gasteiger partial charge in [0.15, 0.2) is 5.16 Å². The van der Waals surface area contributed by atoms with Crippen molar-refractivity contribution in [2.45, 2.75) is 37.0 Å². The van der Waals surface area contributed by atoms with Crippen molar-refractivity contribution in [2.75, 3.05) is 32.4 Å². The highest BCUT2D eigenvalue weighted by Crippen LogP contribution is 2.22. The van der Waals surface area contributed by atoms with Crippen LogP contribution in [0.1, 0.15) is 24.8 Å². The van der Waals surface area contributed by atoms with Crippen LogP contribution in [0.5, 0.6) is 0 Å². The summed E-state index contributed by atoms with van der Waals surface area (Å²) in [6.45, 7) is 5.93. The quantitative estimate of drug-likeness (QED) is 0.622. The molecular formula is C14H22N4S. The Kier molecular flexibility index (Phi) is 4.35. The molecular weight excluding hydrogens is 256 g/mol. The smallest absolute Gasteiger partial charge is 0.187 e. The number of thioether (sulfide) groups is 1. The predicted octanol–water partition coefficient (Wildman–Crippen LogP) is 1.87. The monoisotopic (exact) mass is 278 g/mol. The van der Waals surface area contributed by atoms with E-state index < -0.39 is 0 Å². The van der Waals surface area contributed by atoms with Gasteiger partial charge in [0.05, 0.1) is 0 Å². The lowest BCUT2D eigenvalue weighted by Gasteiger charge is -2.44. The van der Waals surface area contributed by atoms with E-state index in [2.05, 4.69) is 19.8 Å². The predicted molar refractivity (Wildman–Crippen MR) is 78.3 cm³/mol. The Labute approximate surface area is 119 Å². The summed E-state index contributed by atoms with van der Waals surface area (Å²) in [6, 6.07) is 0.786. The van der Waals surface area contributed by atoms with Crippen molar-refractivity contribution in [3.8, 4) is 0 Å². The number of fused-ring (bicyclic) bond motifs is 1. The first-order valence-corrected chi connectivity index (χ1v) is 8.39. The lowest BCUT2D eigenvalue weighted by molar-refractivity contribution is 0.0456. The van der Waals surface area contributed by atoms with Crippen LogP contribution in [0.2, 0.25) is 0 Å². The number of piperidine rings is 1. The lowest BCUT2D eigenvalue weighted by atomic mass is 9.99. The van der Waals surface area contributed by atoms with E-state index in [-0.39, 0.29) is 0 Å². The number of piperazine rings is 1. The molecule has 104 valence electrons. The van der Waals surface area contributed by atoms with Gasteiger partial charge in [0, 0.05) is 50.2 Å². The van der Waals surface area contributed by atoms with Crippen LogP contribution in [0.4, 0.5) is 0 Å². The minimum absolute atomic E-state index is 0.786. The zero-order valence-electron chi connectivity index (χ0n) is 11.6. The fraction of sp³-hybridized carbons (Fsp3) is 0.714. The van der Waals surface area contributed by atoms with Crippen LogP contribution < -0.4 is 0 Å². The van der Waals surface area contributed by atoms with E-state index in [1.165, 1.54) is 51.0 Å². The van der Waals surface area contributed by atoms with E-state index in [0.717, 1.165) is 17.7 Å². The van der Waals surface area contributed by atoms with E-state index in [9.17, 15) is 0 Å². The largest absolute Gasteiger partial charge is 0.298 e. The molecule has 3 rings (SSSR count). The summed E-state index contributed by atoms with van der Waals surface area (Å²) in [4.78, 5) is 14.0. The van der Waals surface area contributed by atoms with E-state index in [0.29, 0.717) is 0 Å². The molecule has 0 unspecified atom stereocenters. The van der Waals surface area contributed by atoms with Crippen molar-refractivity contribution < 1.29 is 0 Å². The SMILES string of the molecule is CSc1ncc(CN2CCN3CCCC[C@@H]3C2)cn1. The molecule has 0 radical (unpaired) electrons. The Bertz CT molecular complexity index is 408. The standard InChI is InChI=1S/C14H22N4S/c1-19-14-15-8-12(9-16-14)10-17-6-7-18-5-3-2-4-13(18)11-17/h8-9,13H,2-7,10-11H2,1H3/t13-/m1/s1. The minimum Gasteiger partial charge on any atom is -0.298 e. The van der Waals surface area contributed by atoms with Crippen molar-refractivity contribution in [1.29, 1.82) is 0 Å². The first-order chi connectivity index (χ1) is 9.35. The lowest BCUT2D eigenvalue weighted by Crippen LogP contribution is -2.54. The Morgan fingerprint density at radius 2 is 2.05 bits per heavy atom. The highest BCUT2D eigenvalue weighted by molar-refractivity contribution is 7.98. The maximum atomic E-state index is 4.36. The molecule has 2 fully saturated rings. The average molecular weight is 278 g/mol. The molecule has 19 heavy (non-hydrogen) atoms. The summed E-state index contributed by atoms with van der Waals surface area (Å²) in [7, 11) is 0. The van der Waals surface area contributed by atoms with Gasteiger partial charge in [0.25, 0.3) is 0 Å². The second kappa shape index (κ2) is 6.20. The third kappa shape index (κ3) is 3.27. The molecule has 0 aliphatic carbocycles. The van der Waals surface area contributed by atoms with Crippen molar-refractivity contribution in [2.24, 2.45) is 0 Å². The maximum Gasteiger partial charge on any atom is 0.187 e. The Morgan fingerprint density at radius 3 is 2.84 bits per heavy atom. The molecule has 1 aromatic rings. The molecule has 0 N–H and O–H groups in total. The van der Waals surface area contributed by atoms with Gasteiger partial charge in [-0.05, 0) is 25.6 Å². The van der Waals surface area contributed by atoms with Gasteiger partial charge in [-0.15, -0.1) is 0 Å². The molecule has 1 aromatic heterocycles. The van der Waals surface area contributed by atoms with E-state index in [1.54, 1.807) is 11.8 Å². The van der Waals surface area contributed by atoms with Crippen LogP contribution in [-0.4, -0.2) is 58.2 Å². The minimum atomic E-state index is 0.786. The number of nitrogens with zero attached hydrogens (tertiary/aromatic N) is 4. The number of aromatic nitrogens is 2. The molecule has 0 saturated carbocycles. The van der Waals surface area contributed by atoms with Crippen LogP contribution in [0.25, 0.3) is 0 Å². The summed E-state index contributed by atoms with van der Waals surface area (Å²) in [6.07, 6.45) is 10.1. The second-order valence-corrected chi connectivity index (χ2v) is 6.27. The van der Waals surface area contributed by atoms with Crippen LogP contribution >= 0.6 is 11.8 Å². The molecule has 4 nitrogen and oxygen atoms in total. The average Bonchev–Trinajstić information content (AvgIpc) is 2.48. The first kappa shape index (κ1) is 13.3. The van der Waals surface area contributed by atoms with Crippen LogP contribution in [-0.2, 0) is 6.54 Å². The fourth-order valence-electron chi connectivity index (χ4n) is 3.15. The Balaban J connectivity index is 1.57. The highest BCUT2D eigenvalue weighted by Gasteiger charge is 2.28. The summed E-state index contributed by atoms with van der Waals surface area (Å²) >= 11 is 1.60. The molecule has 2 saturated heterocycles. The molecule has 1 atom stereocenters. The zero-order valence-corrected chi connectivity index (χ0v) is 12.4. The molecule has 0 amide bonds. The highest BCUT2D eigenvalue weighted by atomic mass is 32.2. The normalized spacial score (nSPS) is 25.2. The number of hydrogen-bond donors (Lipinski definition) is 0. The van der Waals surface area contributed by atoms with Gasteiger partial charge in [0.1, 0.15) is 0 Å². The van der Waals surface area contributed by atoms with Gasteiger partial charge in [0.2, 0.25) is 0 Å². The molecule has 3 heterocycles.